The van der Waals surface area contributed by atoms with Crippen LogP contribution in [0.1, 0.15) is 49.1 Å². The minimum Gasteiger partial charge on any atom is -0.508 e. The van der Waals surface area contributed by atoms with Crippen LogP contribution in [0.2, 0.25) is 0 Å². The van der Waals surface area contributed by atoms with Crippen molar-refractivity contribution in [3.63, 3.8) is 0 Å². The van der Waals surface area contributed by atoms with Crippen molar-refractivity contribution in [2.24, 2.45) is 0 Å². The Hall–Kier alpha value is -1.55. The Kier molecular flexibility index (Phi) is 7.56. The van der Waals surface area contributed by atoms with Gasteiger partial charge in [-0.25, -0.2) is 0 Å². The zero-order valence-electron chi connectivity index (χ0n) is 13.9. The van der Waals surface area contributed by atoms with Crippen LogP contribution in [-0.4, -0.2) is 16.3 Å². The van der Waals surface area contributed by atoms with Crippen LogP contribution in [0.4, 0.5) is 0 Å². The number of aliphatic hydroxyl groups excluding tert-OH is 1. The van der Waals surface area contributed by atoms with Gasteiger partial charge < -0.3 is 15.5 Å². The minimum absolute atomic E-state index is 0. The van der Waals surface area contributed by atoms with Gasteiger partial charge in [-0.1, -0.05) is 48.9 Å². The van der Waals surface area contributed by atoms with E-state index in [1.807, 2.05) is 6.92 Å². The molecule has 0 aliphatic heterocycles. The predicted octanol–water partition coefficient (Wildman–Crippen LogP) is 4.29. The summed E-state index contributed by atoms with van der Waals surface area (Å²) in [5.74, 6) is 0.211. The molecule has 2 aromatic rings. The molecule has 0 spiro atoms. The summed E-state index contributed by atoms with van der Waals surface area (Å²) in [7, 11) is 0. The molecule has 0 amide bonds. The van der Waals surface area contributed by atoms with Gasteiger partial charge in [0.15, 0.2) is 0 Å². The second-order valence-corrected chi connectivity index (χ2v) is 5.86. The summed E-state index contributed by atoms with van der Waals surface area (Å²) in [6.07, 6.45) is 0.343. The minimum atomic E-state index is -0.611. The summed E-state index contributed by atoms with van der Waals surface area (Å²) >= 11 is 0. The van der Waals surface area contributed by atoms with E-state index in [-0.39, 0.29) is 30.2 Å². The average Bonchev–Trinajstić information content (AvgIpc) is 2.53. The molecular formula is C19H26ClNO2. The van der Waals surface area contributed by atoms with Crippen LogP contribution in [-0.2, 0) is 0 Å². The standard InChI is InChI=1S/C19H25NO2.ClH/c1-4-18(15-7-5-13(2)6-8-15)20-14(3)19(22)16-9-11-17(21)12-10-16;/h5-12,14,18-22H,4H2,1-3H3;1H. The summed E-state index contributed by atoms with van der Waals surface area (Å²) in [4.78, 5) is 0. The van der Waals surface area contributed by atoms with Gasteiger partial charge in [-0.3, -0.25) is 0 Å². The first-order valence-electron chi connectivity index (χ1n) is 7.81. The quantitative estimate of drug-likeness (QED) is 0.738. The Labute approximate surface area is 144 Å². The number of hydrogen-bond donors (Lipinski definition) is 3. The van der Waals surface area contributed by atoms with E-state index in [1.165, 1.54) is 11.1 Å². The molecular weight excluding hydrogens is 310 g/mol. The average molecular weight is 336 g/mol. The molecule has 2 aromatic carbocycles. The van der Waals surface area contributed by atoms with Gasteiger partial charge in [0, 0.05) is 12.1 Å². The van der Waals surface area contributed by atoms with Gasteiger partial charge in [0.05, 0.1) is 6.10 Å². The molecule has 0 aromatic heterocycles. The predicted molar refractivity (Wildman–Crippen MR) is 97.1 cm³/mol. The van der Waals surface area contributed by atoms with Crippen molar-refractivity contribution >= 4 is 12.4 Å². The van der Waals surface area contributed by atoms with Gasteiger partial charge in [0.1, 0.15) is 5.75 Å². The van der Waals surface area contributed by atoms with Crippen molar-refractivity contribution in [2.45, 2.75) is 45.4 Å². The molecule has 0 bridgehead atoms. The second kappa shape index (κ2) is 8.92. The van der Waals surface area contributed by atoms with E-state index < -0.39 is 6.10 Å². The lowest BCUT2D eigenvalue weighted by Crippen LogP contribution is -2.35. The molecule has 3 atom stereocenters. The van der Waals surface area contributed by atoms with E-state index in [0.717, 1.165) is 12.0 Å². The van der Waals surface area contributed by atoms with Crippen molar-refractivity contribution in [1.29, 1.82) is 0 Å². The van der Waals surface area contributed by atoms with Crippen molar-refractivity contribution in [3.05, 3.63) is 65.2 Å². The smallest absolute Gasteiger partial charge is 0.115 e. The fourth-order valence-electron chi connectivity index (χ4n) is 2.62. The van der Waals surface area contributed by atoms with Gasteiger partial charge in [-0.15, -0.1) is 12.4 Å². The third kappa shape index (κ3) is 5.24. The van der Waals surface area contributed by atoms with Crippen LogP contribution in [0.15, 0.2) is 48.5 Å². The molecule has 23 heavy (non-hydrogen) atoms. The van der Waals surface area contributed by atoms with Crippen LogP contribution >= 0.6 is 12.4 Å². The number of aromatic hydroxyl groups is 1. The van der Waals surface area contributed by atoms with Crippen molar-refractivity contribution in [1.82, 2.24) is 5.32 Å². The Morgan fingerprint density at radius 3 is 2.00 bits per heavy atom. The number of hydrogen-bond acceptors (Lipinski definition) is 3. The molecule has 0 heterocycles. The summed E-state index contributed by atoms with van der Waals surface area (Å²) in [6, 6.07) is 15.3. The van der Waals surface area contributed by atoms with Crippen molar-refractivity contribution in [2.75, 3.05) is 0 Å². The maximum absolute atomic E-state index is 10.5. The number of rotatable bonds is 6. The maximum atomic E-state index is 10.5. The number of aryl methyl sites for hydroxylation is 1. The molecule has 126 valence electrons. The first-order valence-corrected chi connectivity index (χ1v) is 7.81. The monoisotopic (exact) mass is 335 g/mol. The largest absolute Gasteiger partial charge is 0.508 e. The summed E-state index contributed by atoms with van der Waals surface area (Å²) in [5, 5.41) is 23.3. The second-order valence-electron chi connectivity index (χ2n) is 5.86. The Morgan fingerprint density at radius 2 is 1.48 bits per heavy atom. The number of halogens is 1. The molecule has 3 unspecified atom stereocenters. The molecule has 3 N–H and O–H groups in total. The molecule has 3 nitrogen and oxygen atoms in total. The van der Waals surface area contributed by atoms with Gasteiger partial charge in [0.25, 0.3) is 0 Å². The van der Waals surface area contributed by atoms with Crippen molar-refractivity contribution in [3.8, 4) is 5.75 Å². The lowest BCUT2D eigenvalue weighted by atomic mass is 9.99. The molecule has 0 fully saturated rings. The number of nitrogens with one attached hydrogen (secondary N) is 1. The highest BCUT2D eigenvalue weighted by atomic mass is 35.5. The number of aliphatic hydroxyl groups is 1. The Balaban J connectivity index is 0.00000264. The van der Waals surface area contributed by atoms with E-state index in [0.29, 0.717) is 0 Å². The van der Waals surface area contributed by atoms with Crippen molar-refractivity contribution < 1.29 is 10.2 Å². The maximum Gasteiger partial charge on any atom is 0.115 e. The highest BCUT2D eigenvalue weighted by Gasteiger charge is 2.20. The number of phenols is 1. The van der Waals surface area contributed by atoms with Gasteiger partial charge >= 0.3 is 0 Å². The molecule has 0 aliphatic rings. The molecule has 0 saturated carbocycles. The SMILES string of the molecule is CCC(NC(C)C(O)c1ccc(O)cc1)c1ccc(C)cc1.Cl. The Morgan fingerprint density at radius 1 is 0.957 bits per heavy atom. The van der Waals surface area contributed by atoms with Crippen LogP contribution < -0.4 is 5.32 Å². The fourth-order valence-corrected chi connectivity index (χ4v) is 2.62. The first-order chi connectivity index (χ1) is 10.5. The summed E-state index contributed by atoms with van der Waals surface area (Å²) in [6.45, 7) is 6.20. The zero-order valence-corrected chi connectivity index (χ0v) is 14.7. The van der Waals surface area contributed by atoms with Gasteiger partial charge in [-0.05, 0) is 43.5 Å². The fraction of sp³-hybridized carbons (Fsp3) is 0.368. The summed E-state index contributed by atoms with van der Waals surface area (Å²) < 4.78 is 0. The molecule has 0 saturated heterocycles. The van der Waals surface area contributed by atoms with E-state index >= 15 is 0 Å². The highest BCUT2D eigenvalue weighted by Crippen LogP contribution is 2.23. The van der Waals surface area contributed by atoms with Crippen LogP contribution in [0.25, 0.3) is 0 Å². The highest BCUT2D eigenvalue weighted by molar-refractivity contribution is 5.85. The first kappa shape index (κ1) is 19.5. The summed E-state index contributed by atoms with van der Waals surface area (Å²) in [5.41, 5.74) is 3.28. The third-order valence-corrected chi connectivity index (χ3v) is 4.06. The van der Waals surface area contributed by atoms with E-state index in [4.69, 9.17) is 0 Å². The molecule has 2 rings (SSSR count). The number of benzene rings is 2. The third-order valence-electron chi connectivity index (χ3n) is 4.06. The van der Waals surface area contributed by atoms with Crippen LogP contribution in [0.5, 0.6) is 5.75 Å². The molecule has 0 radical (unpaired) electrons. The van der Waals surface area contributed by atoms with E-state index in [2.05, 4.69) is 43.4 Å². The zero-order chi connectivity index (χ0) is 16.1. The lowest BCUT2D eigenvalue weighted by Gasteiger charge is -2.26. The van der Waals surface area contributed by atoms with Crippen LogP contribution in [0.3, 0.4) is 0 Å². The van der Waals surface area contributed by atoms with Crippen LogP contribution in [0, 0.1) is 6.92 Å². The Bertz CT molecular complexity index is 583. The lowest BCUT2D eigenvalue weighted by molar-refractivity contribution is 0.129. The number of phenolic OH excluding ortho intramolecular Hbond substituents is 1. The van der Waals surface area contributed by atoms with Gasteiger partial charge in [0.2, 0.25) is 0 Å². The molecule has 0 aliphatic carbocycles. The van der Waals surface area contributed by atoms with E-state index in [1.54, 1.807) is 24.3 Å². The normalized spacial score (nSPS) is 14.6. The molecule has 4 heteroatoms. The van der Waals surface area contributed by atoms with E-state index in [9.17, 15) is 10.2 Å². The van der Waals surface area contributed by atoms with Gasteiger partial charge in [-0.2, -0.15) is 0 Å². The topological polar surface area (TPSA) is 52.5 Å².